The highest BCUT2D eigenvalue weighted by molar-refractivity contribution is 7.13. The molecule has 2 amide bonds. The molecule has 1 N–H and O–H groups in total. The van der Waals surface area contributed by atoms with Gasteiger partial charge in [-0.05, 0) is 37.1 Å². The number of aromatic nitrogens is 3. The third-order valence-corrected chi connectivity index (χ3v) is 7.52. The zero-order valence-corrected chi connectivity index (χ0v) is 20.9. The van der Waals surface area contributed by atoms with Crippen LogP contribution in [0.15, 0.2) is 54.3 Å². The van der Waals surface area contributed by atoms with Gasteiger partial charge in [-0.2, -0.15) is 0 Å². The minimum Gasteiger partial charge on any atom is -0.334 e. The Kier molecular flexibility index (Phi) is 5.99. The first-order valence-corrected chi connectivity index (χ1v) is 12.9. The van der Waals surface area contributed by atoms with Crippen LogP contribution in [0.2, 0.25) is 5.02 Å². The number of hydrogen-bond acceptors (Lipinski definition) is 5. The Morgan fingerprint density at radius 2 is 2.08 bits per heavy atom. The Balaban J connectivity index is 1.36. The van der Waals surface area contributed by atoms with Crippen molar-refractivity contribution < 1.29 is 14.0 Å². The molecule has 0 radical (unpaired) electrons. The number of nitrogens with one attached hydrogen (secondary N) is 1. The van der Waals surface area contributed by atoms with Crippen LogP contribution < -0.4 is 5.32 Å². The van der Waals surface area contributed by atoms with Crippen LogP contribution in [0.25, 0.3) is 0 Å². The molecule has 2 aromatic heterocycles. The fourth-order valence-electron chi connectivity index (χ4n) is 4.77. The van der Waals surface area contributed by atoms with Crippen LogP contribution in [0.3, 0.4) is 0 Å². The summed E-state index contributed by atoms with van der Waals surface area (Å²) < 4.78 is 17.2. The second-order valence-electron chi connectivity index (χ2n) is 8.75. The number of halogens is 2. The van der Waals surface area contributed by atoms with E-state index in [4.69, 9.17) is 11.6 Å². The molecule has 0 bridgehead atoms. The van der Waals surface area contributed by atoms with E-state index in [0.717, 1.165) is 25.1 Å². The number of benzene rings is 2. The lowest BCUT2D eigenvalue weighted by atomic mass is 10.1. The van der Waals surface area contributed by atoms with E-state index in [1.54, 1.807) is 42.2 Å². The Morgan fingerprint density at radius 3 is 2.89 bits per heavy atom. The van der Waals surface area contributed by atoms with Crippen LogP contribution in [0.5, 0.6) is 0 Å². The Hall–Kier alpha value is -4.00. The lowest BCUT2D eigenvalue weighted by molar-refractivity contribution is -0.121. The Bertz CT molecular complexity index is 1600. The number of imidazole rings is 1. The molecule has 2 aliphatic heterocycles. The van der Waals surface area contributed by atoms with Gasteiger partial charge in [0.2, 0.25) is 0 Å². The number of anilines is 1. The minimum absolute atomic E-state index is 0.0551. The number of thiazole rings is 1. The fraction of sp³-hybridized carbons (Fsp3) is 0.185. The summed E-state index contributed by atoms with van der Waals surface area (Å²) in [6, 6.07) is 8.93. The topological polar surface area (TPSA) is 80.1 Å². The van der Waals surface area contributed by atoms with E-state index in [-0.39, 0.29) is 17.7 Å². The molecule has 4 heterocycles. The van der Waals surface area contributed by atoms with Gasteiger partial charge < -0.3 is 9.47 Å². The van der Waals surface area contributed by atoms with Gasteiger partial charge in [0.05, 0.1) is 23.6 Å². The van der Waals surface area contributed by atoms with Crippen LogP contribution in [-0.2, 0) is 24.3 Å². The summed E-state index contributed by atoms with van der Waals surface area (Å²) in [5, 5.41) is 5.44. The van der Waals surface area contributed by atoms with Crippen molar-refractivity contribution >= 4 is 39.9 Å². The molecule has 0 saturated carbocycles. The number of nitrogens with zero attached hydrogens (tertiary/aromatic N) is 4. The first-order chi connectivity index (χ1) is 18.0. The van der Waals surface area contributed by atoms with Crippen molar-refractivity contribution in [2.75, 3.05) is 5.32 Å². The molecule has 2 aromatic carbocycles. The molecule has 37 heavy (non-hydrogen) atoms. The quantitative estimate of drug-likeness (QED) is 0.383. The number of amides is 2. The van der Waals surface area contributed by atoms with Gasteiger partial charge in [-0.3, -0.25) is 14.9 Å². The lowest BCUT2D eigenvalue weighted by Crippen LogP contribution is -2.38. The molecule has 0 spiro atoms. The van der Waals surface area contributed by atoms with Crippen molar-refractivity contribution in [1.29, 1.82) is 0 Å². The van der Waals surface area contributed by atoms with Crippen LogP contribution in [0.1, 0.15) is 50.9 Å². The number of fused-ring (bicyclic) bond motifs is 2. The summed E-state index contributed by atoms with van der Waals surface area (Å²) in [7, 11) is 0. The summed E-state index contributed by atoms with van der Waals surface area (Å²) in [5.74, 6) is 4.40. The first kappa shape index (κ1) is 23.4. The monoisotopic (exact) mass is 531 g/mol. The van der Waals surface area contributed by atoms with E-state index in [2.05, 4.69) is 27.1 Å². The van der Waals surface area contributed by atoms with E-state index in [1.165, 1.54) is 22.3 Å². The second kappa shape index (κ2) is 9.47. The maximum Gasteiger partial charge on any atom is 0.255 e. The molecular formula is C27H19ClFN5O2S. The summed E-state index contributed by atoms with van der Waals surface area (Å²) in [5.41, 5.74) is 2.79. The van der Waals surface area contributed by atoms with E-state index in [9.17, 15) is 9.59 Å². The molecule has 6 rings (SSSR count). The van der Waals surface area contributed by atoms with E-state index in [1.807, 2.05) is 10.6 Å². The standard InChI is InChI=1S/C27H19ClFN5O2S/c28-20-5-2-1-4-17(20)8-7-16-12-18-19(21(29)13-16)14-34(26(18)36)24(25(35)32-27-30-9-11-37-27)23-22-6-3-10-33(22)15-31-23/h1-2,4-5,9,11-13,15,24H,3,6,10,14H2,(H,30,32,35). The zero-order chi connectivity index (χ0) is 25.5. The van der Waals surface area contributed by atoms with Gasteiger partial charge in [-0.15, -0.1) is 11.3 Å². The third kappa shape index (κ3) is 4.28. The molecule has 1 atom stereocenters. The fourth-order valence-corrected chi connectivity index (χ4v) is 5.49. The normalized spacial score (nSPS) is 14.6. The van der Waals surface area contributed by atoms with Crippen LogP contribution in [0.4, 0.5) is 9.52 Å². The predicted octanol–water partition coefficient (Wildman–Crippen LogP) is 4.81. The van der Waals surface area contributed by atoms with Crippen molar-refractivity contribution in [1.82, 2.24) is 19.4 Å². The third-order valence-electron chi connectivity index (χ3n) is 6.50. The van der Waals surface area contributed by atoms with Crippen molar-refractivity contribution in [3.8, 4) is 11.8 Å². The van der Waals surface area contributed by atoms with Crippen molar-refractivity contribution in [2.24, 2.45) is 0 Å². The maximum absolute atomic E-state index is 15.2. The molecule has 4 aromatic rings. The second-order valence-corrected chi connectivity index (χ2v) is 10.1. The smallest absolute Gasteiger partial charge is 0.255 e. The highest BCUT2D eigenvalue weighted by atomic mass is 35.5. The molecule has 7 nitrogen and oxygen atoms in total. The molecule has 0 saturated heterocycles. The molecule has 2 aliphatic rings. The number of rotatable bonds is 4. The minimum atomic E-state index is -1.03. The highest BCUT2D eigenvalue weighted by Crippen LogP contribution is 2.36. The van der Waals surface area contributed by atoms with Crippen LogP contribution >= 0.6 is 22.9 Å². The van der Waals surface area contributed by atoms with Gasteiger partial charge in [-0.25, -0.2) is 14.4 Å². The van der Waals surface area contributed by atoms with Crippen molar-refractivity contribution in [3.05, 3.63) is 98.8 Å². The summed E-state index contributed by atoms with van der Waals surface area (Å²) in [4.78, 5) is 37.2. The van der Waals surface area contributed by atoms with Crippen LogP contribution in [0, 0.1) is 17.7 Å². The SMILES string of the molecule is O=C(Nc1nccs1)C(c1ncn2c1CCC2)N1Cc2c(F)cc(C#Cc3ccccc3Cl)cc2C1=O. The van der Waals surface area contributed by atoms with E-state index < -0.39 is 23.7 Å². The van der Waals surface area contributed by atoms with Gasteiger partial charge in [0.1, 0.15) is 5.82 Å². The molecule has 1 unspecified atom stereocenters. The van der Waals surface area contributed by atoms with Crippen molar-refractivity contribution in [2.45, 2.75) is 32.0 Å². The van der Waals surface area contributed by atoms with Gasteiger partial charge in [0.25, 0.3) is 11.8 Å². The summed E-state index contributed by atoms with van der Waals surface area (Å²) >= 11 is 7.45. The van der Waals surface area contributed by atoms with E-state index in [0.29, 0.717) is 27.0 Å². The van der Waals surface area contributed by atoms with Gasteiger partial charge in [0.15, 0.2) is 11.2 Å². The summed E-state index contributed by atoms with van der Waals surface area (Å²) in [6.07, 6.45) is 4.96. The summed E-state index contributed by atoms with van der Waals surface area (Å²) in [6.45, 7) is 0.750. The van der Waals surface area contributed by atoms with Crippen LogP contribution in [-0.4, -0.2) is 31.2 Å². The predicted molar refractivity (Wildman–Crippen MR) is 138 cm³/mol. The maximum atomic E-state index is 15.2. The average Bonchev–Trinajstić information content (AvgIpc) is 3.67. The number of carbonyl (C=O) groups excluding carboxylic acids is 2. The molecule has 10 heteroatoms. The first-order valence-electron chi connectivity index (χ1n) is 11.6. The molecule has 0 fully saturated rings. The van der Waals surface area contributed by atoms with Gasteiger partial charge >= 0.3 is 0 Å². The van der Waals surface area contributed by atoms with Gasteiger partial charge in [0, 0.05) is 46.1 Å². The van der Waals surface area contributed by atoms with E-state index >= 15 is 4.39 Å². The Morgan fingerprint density at radius 1 is 1.22 bits per heavy atom. The number of hydrogen-bond donors (Lipinski definition) is 1. The molecule has 184 valence electrons. The highest BCUT2D eigenvalue weighted by Gasteiger charge is 2.42. The van der Waals surface area contributed by atoms with Gasteiger partial charge in [-0.1, -0.05) is 35.6 Å². The largest absolute Gasteiger partial charge is 0.334 e. The lowest BCUT2D eigenvalue weighted by Gasteiger charge is -2.26. The zero-order valence-electron chi connectivity index (χ0n) is 19.4. The molecule has 0 aliphatic carbocycles. The average molecular weight is 532 g/mol. The van der Waals surface area contributed by atoms with Crippen molar-refractivity contribution in [3.63, 3.8) is 0 Å². The Labute approximate surface area is 220 Å². The number of carbonyl (C=O) groups is 2. The number of aryl methyl sites for hydroxylation is 1. The molecular weight excluding hydrogens is 513 g/mol.